The molecule has 0 bridgehead atoms. The minimum atomic E-state index is -4.18. The number of nitrogens with zero attached hydrogens (tertiary/aromatic N) is 2. The molecule has 202 valence electrons. The van der Waals surface area contributed by atoms with Crippen LogP contribution in [0.1, 0.15) is 26.3 Å². The Bertz CT molecular complexity index is 1370. The maximum absolute atomic E-state index is 13.9. The fourth-order valence-corrected chi connectivity index (χ4v) is 5.55. The minimum absolute atomic E-state index is 0.0192. The molecule has 0 unspecified atom stereocenters. The van der Waals surface area contributed by atoms with E-state index in [0.29, 0.717) is 10.6 Å². The highest BCUT2D eigenvalue weighted by Gasteiger charge is 2.33. The van der Waals surface area contributed by atoms with Gasteiger partial charge in [0, 0.05) is 17.6 Å². The van der Waals surface area contributed by atoms with Crippen molar-refractivity contribution >= 4 is 39.1 Å². The number of para-hydroxylation sites is 2. The Balaban J connectivity index is 2.06. The molecule has 0 aliphatic carbocycles. The van der Waals surface area contributed by atoms with Gasteiger partial charge in [0.15, 0.2) is 0 Å². The number of rotatable bonds is 11. The van der Waals surface area contributed by atoms with Crippen LogP contribution >= 0.6 is 11.6 Å². The van der Waals surface area contributed by atoms with Crippen LogP contribution in [0.4, 0.5) is 5.69 Å². The first-order valence-corrected chi connectivity index (χ1v) is 13.9. The maximum atomic E-state index is 13.9. The Morgan fingerprint density at radius 1 is 0.947 bits per heavy atom. The van der Waals surface area contributed by atoms with E-state index >= 15 is 0 Å². The van der Waals surface area contributed by atoms with E-state index in [1.165, 1.54) is 24.1 Å². The van der Waals surface area contributed by atoms with Crippen LogP contribution in [0.2, 0.25) is 5.02 Å². The Morgan fingerprint density at radius 2 is 1.61 bits per heavy atom. The predicted molar refractivity (Wildman–Crippen MR) is 149 cm³/mol. The molecule has 2 amide bonds. The van der Waals surface area contributed by atoms with Gasteiger partial charge in [0.25, 0.3) is 10.0 Å². The summed E-state index contributed by atoms with van der Waals surface area (Å²) in [6.07, 6.45) is 0. The van der Waals surface area contributed by atoms with Crippen molar-refractivity contribution < 1.29 is 22.7 Å². The van der Waals surface area contributed by atoms with Gasteiger partial charge in [-0.15, -0.1) is 0 Å². The Hall–Kier alpha value is -3.56. The van der Waals surface area contributed by atoms with Crippen LogP contribution in [0.3, 0.4) is 0 Å². The van der Waals surface area contributed by atoms with Gasteiger partial charge in [-0.2, -0.15) is 0 Å². The van der Waals surface area contributed by atoms with Crippen molar-refractivity contribution in [3.63, 3.8) is 0 Å². The Kier molecular flexibility index (Phi) is 9.77. The predicted octanol–water partition coefficient (Wildman–Crippen LogP) is 4.49. The van der Waals surface area contributed by atoms with Crippen LogP contribution in [0.15, 0.2) is 83.8 Å². The van der Waals surface area contributed by atoms with Gasteiger partial charge in [0.2, 0.25) is 11.8 Å². The molecule has 0 saturated carbocycles. The number of carbonyl (C=O) groups excluding carboxylic acids is 2. The standard InChI is InChI=1S/C28H32ClN3O5S/c1-20(2)30-28(34)21(3)31(18-22-11-10-12-23(29)17-22)27(33)19-32(25-15-8-9-16-26(25)37-4)38(35,36)24-13-6-5-7-14-24/h5-17,20-21H,18-19H2,1-4H3,(H,30,34)/t21-/m0/s1. The van der Waals surface area contributed by atoms with Crippen molar-refractivity contribution in [2.75, 3.05) is 18.0 Å². The lowest BCUT2D eigenvalue weighted by Gasteiger charge is -2.32. The van der Waals surface area contributed by atoms with E-state index in [9.17, 15) is 18.0 Å². The second-order valence-electron chi connectivity index (χ2n) is 8.99. The second-order valence-corrected chi connectivity index (χ2v) is 11.3. The van der Waals surface area contributed by atoms with E-state index in [2.05, 4.69) is 5.32 Å². The van der Waals surface area contributed by atoms with Gasteiger partial charge in [-0.1, -0.05) is 54.1 Å². The van der Waals surface area contributed by atoms with Gasteiger partial charge in [0.05, 0.1) is 17.7 Å². The Labute approximate surface area is 229 Å². The average Bonchev–Trinajstić information content (AvgIpc) is 2.90. The third-order valence-corrected chi connectivity index (χ3v) is 7.81. The molecule has 38 heavy (non-hydrogen) atoms. The van der Waals surface area contributed by atoms with Crippen molar-refractivity contribution in [2.24, 2.45) is 0 Å². The highest BCUT2D eigenvalue weighted by molar-refractivity contribution is 7.92. The highest BCUT2D eigenvalue weighted by Crippen LogP contribution is 2.32. The number of amides is 2. The van der Waals surface area contributed by atoms with Crippen LogP contribution < -0.4 is 14.4 Å². The normalized spacial score (nSPS) is 12.1. The molecule has 3 aromatic rings. The molecular weight excluding hydrogens is 526 g/mol. The summed E-state index contributed by atoms with van der Waals surface area (Å²) in [5, 5.41) is 3.31. The monoisotopic (exact) mass is 557 g/mol. The fourth-order valence-electron chi connectivity index (χ4n) is 3.89. The molecule has 8 nitrogen and oxygen atoms in total. The number of anilines is 1. The van der Waals surface area contributed by atoms with E-state index in [4.69, 9.17) is 16.3 Å². The molecule has 0 saturated heterocycles. The third kappa shape index (κ3) is 7.05. The highest BCUT2D eigenvalue weighted by atomic mass is 35.5. The summed E-state index contributed by atoms with van der Waals surface area (Å²) < 4.78 is 34.1. The maximum Gasteiger partial charge on any atom is 0.264 e. The zero-order chi connectivity index (χ0) is 27.9. The number of hydrogen-bond acceptors (Lipinski definition) is 5. The van der Waals surface area contributed by atoms with E-state index in [-0.39, 0.29) is 34.8 Å². The molecule has 0 fully saturated rings. The van der Waals surface area contributed by atoms with E-state index in [1.807, 2.05) is 13.8 Å². The summed E-state index contributed by atoms with van der Waals surface area (Å²) in [6, 6.07) is 20.3. The number of sulfonamides is 1. The Morgan fingerprint density at radius 3 is 2.24 bits per heavy atom. The molecular formula is C28H32ClN3O5S. The van der Waals surface area contributed by atoms with Crippen LogP contribution in [-0.2, 0) is 26.2 Å². The largest absolute Gasteiger partial charge is 0.495 e. The first kappa shape index (κ1) is 29.0. The summed E-state index contributed by atoms with van der Waals surface area (Å²) in [4.78, 5) is 28.2. The lowest BCUT2D eigenvalue weighted by atomic mass is 10.1. The summed E-state index contributed by atoms with van der Waals surface area (Å²) >= 11 is 6.16. The molecule has 0 spiro atoms. The van der Waals surface area contributed by atoms with Crippen molar-refractivity contribution in [1.29, 1.82) is 0 Å². The summed E-state index contributed by atoms with van der Waals surface area (Å²) in [5.74, 6) is -0.640. The smallest absolute Gasteiger partial charge is 0.264 e. The van der Waals surface area contributed by atoms with Gasteiger partial charge in [0.1, 0.15) is 18.3 Å². The number of carbonyl (C=O) groups is 2. The van der Waals surface area contributed by atoms with Gasteiger partial charge in [-0.05, 0) is 62.7 Å². The molecule has 3 rings (SSSR count). The zero-order valence-corrected chi connectivity index (χ0v) is 23.4. The fraction of sp³-hybridized carbons (Fsp3) is 0.286. The van der Waals surface area contributed by atoms with Crippen molar-refractivity contribution in [1.82, 2.24) is 10.2 Å². The van der Waals surface area contributed by atoms with E-state index in [0.717, 1.165) is 4.31 Å². The molecule has 3 aromatic carbocycles. The van der Waals surface area contributed by atoms with Crippen LogP contribution in [0, 0.1) is 0 Å². The SMILES string of the molecule is COc1ccccc1N(CC(=O)N(Cc1cccc(Cl)c1)[C@@H](C)C(=O)NC(C)C)S(=O)(=O)c1ccccc1. The first-order valence-electron chi connectivity index (χ1n) is 12.1. The summed E-state index contributed by atoms with van der Waals surface area (Å²) in [5.41, 5.74) is 0.902. The third-order valence-electron chi connectivity index (χ3n) is 5.80. The molecule has 0 aromatic heterocycles. The van der Waals surface area contributed by atoms with Crippen molar-refractivity contribution in [3.05, 3.63) is 89.4 Å². The van der Waals surface area contributed by atoms with Crippen LogP contribution in [0.25, 0.3) is 0 Å². The van der Waals surface area contributed by atoms with E-state index < -0.39 is 28.5 Å². The lowest BCUT2D eigenvalue weighted by molar-refractivity contribution is -0.139. The molecule has 0 aliphatic heterocycles. The number of methoxy groups -OCH3 is 1. The number of ether oxygens (including phenoxy) is 1. The van der Waals surface area contributed by atoms with E-state index in [1.54, 1.807) is 73.7 Å². The molecule has 0 aliphatic rings. The van der Waals surface area contributed by atoms with Crippen LogP contribution in [0.5, 0.6) is 5.75 Å². The quantitative estimate of drug-likeness (QED) is 0.375. The number of nitrogens with one attached hydrogen (secondary N) is 1. The number of benzene rings is 3. The molecule has 1 N–H and O–H groups in total. The minimum Gasteiger partial charge on any atom is -0.495 e. The second kappa shape index (κ2) is 12.8. The lowest BCUT2D eigenvalue weighted by Crippen LogP contribution is -2.52. The summed E-state index contributed by atoms with van der Waals surface area (Å²) in [7, 11) is -2.75. The number of halogens is 1. The molecule has 0 radical (unpaired) electrons. The van der Waals surface area contributed by atoms with Crippen molar-refractivity contribution in [2.45, 2.75) is 44.3 Å². The van der Waals surface area contributed by atoms with Gasteiger partial charge >= 0.3 is 0 Å². The average molecular weight is 558 g/mol. The molecule has 10 heteroatoms. The number of hydrogen-bond donors (Lipinski definition) is 1. The zero-order valence-electron chi connectivity index (χ0n) is 21.8. The van der Waals surface area contributed by atoms with Gasteiger partial charge in [-0.3, -0.25) is 13.9 Å². The summed E-state index contributed by atoms with van der Waals surface area (Å²) in [6.45, 7) is 4.75. The molecule has 0 heterocycles. The van der Waals surface area contributed by atoms with Gasteiger partial charge in [-0.25, -0.2) is 8.42 Å². The van der Waals surface area contributed by atoms with Crippen molar-refractivity contribution in [3.8, 4) is 5.75 Å². The first-order chi connectivity index (χ1) is 18.0. The topological polar surface area (TPSA) is 96.0 Å². The van der Waals surface area contributed by atoms with Gasteiger partial charge < -0.3 is 15.0 Å². The van der Waals surface area contributed by atoms with Crippen LogP contribution in [-0.4, -0.2) is 50.9 Å². The molecule has 1 atom stereocenters.